The molecular weight excluding hydrogens is 334 g/mol. The number of allylic oxidation sites excluding steroid dienone is 1. The number of anilines is 1. The van der Waals surface area contributed by atoms with E-state index in [-0.39, 0.29) is 0 Å². The molecule has 1 heterocycles. The van der Waals surface area contributed by atoms with E-state index in [1.807, 2.05) is 61.5 Å². The molecule has 0 fully saturated rings. The summed E-state index contributed by atoms with van der Waals surface area (Å²) in [7, 11) is 1.63. The average Bonchev–Trinajstić information content (AvgIpc) is 3.07. The predicted octanol–water partition coefficient (Wildman–Crippen LogP) is 5.39. The highest BCUT2D eigenvalue weighted by atomic mass is 32.1. The number of methoxy groups -OCH3 is 1. The van der Waals surface area contributed by atoms with E-state index < -0.39 is 0 Å². The Balaban J connectivity index is 1.75. The van der Waals surface area contributed by atoms with Crippen LogP contribution in [0.3, 0.4) is 0 Å². The van der Waals surface area contributed by atoms with Crippen LogP contribution >= 0.6 is 11.3 Å². The summed E-state index contributed by atoms with van der Waals surface area (Å²) in [4.78, 5) is 4.43. The number of hydrogen-bond acceptors (Lipinski definition) is 6. The molecule has 0 radical (unpaired) electrons. The smallest absolute Gasteiger partial charge is 0.231 e. The molecule has 6 nitrogen and oxygen atoms in total. The molecular formula is C18H17N5OS. The molecule has 2 aromatic carbocycles. The Bertz CT molecular complexity index is 895. The van der Waals surface area contributed by atoms with Gasteiger partial charge in [-0.3, -0.25) is 5.43 Å². The van der Waals surface area contributed by atoms with Crippen LogP contribution in [0.4, 0.5) is 10.8 Å². The molecule has 0 spiro atoms. The monoisotopic (exact) mass is 351 g/mol. The quantitative estimate of drug-likeness (QED) is 0.290. The van der Waals surface area contributed by atoms with Crippen LogP contribution in [0.1, 0.15) is 6.92 Å². The lowest BCUT2D eigenvalue weighted by molar-refractivity contribution is 0.415. The highest BCUT2D eigenvalue weighted by molar-refractivity contribution is 7.21. The summed E-state index contributed by atoms with van der Waals surface area (Å²) in [5.74, 6) is 1.25. The number of aromatic nitrogens is 1. The molecule has 0 saturated heterocycles. The number of ether oxygens (including phenoxy) is 1. The van der Waals surface area contributed by atoms with Crippen molar-refractivity contribution in [1.82, 2.24) is 4.98 Å². The first-order valence-corrected chi connectivity index (χ1v) is 8.48. The molecule has 7 heteroatoms. The molecule has 3 aromatic rings. The van der Waals surface area contributed by atoms with Crippen molar-refractivity contribution in [1.29, 1.82) is 0 Å². The SMILES string of the molecule is C/C=C/C(N=Nc1nc2ccccc2s1)=N/Nc1ccc(OC)cc1. The number of hydrogen-bond donors (Lipinski definition) is 1. The minimum atomic E-state index is 0.456. The van der Waals surface area contributed by atoms with E-state index >= 15 is 0 Å². The van der Waals surface area contributed by atoms with Crippen LogP contribution in [0, 0.1) is 0 Å². The fourth-order valence-corrected chi connectivity index (χ4v) is 2.81. The van der Waals surface area contributed by atoms with Crippen molar-refractivity contribution in [3.63, 3.8) is 0 Å². The highest BCUT2D eigenvalue weighted by Gasteiger charge is 2.02. The fourth-order valence-electron chi connectivity index (χ4n) is 2.03. The van der Waals surface area contributed by atoms with Crippen molar-refractivity contribution in [3.8, 4) is 5.75 Å². The Hall–Kier alpha value is -3.06. The van der Waals surface area contributed by atoms with Gasteiger partial charge in [-0.05, 0) is 49.4 Å². The third kappa shape index (κ3) is 4.48. The van der Waals surface area contributed by atoms with Gasteiger partial charge in [0, 0.05) is 0 Å². The lowest BCUT2D eigenvalue weighted by Crippen LogP contribution is -1.95. The second-order valence-electron chi connectivity index (χ2n) is 4.97. The maximum atomic E-state index is 5.13. The Kier molecular flexibility index (Phi) is 5.48. The Morgan fingerprint density at radius 2 is 1.96 bits per heavy atom. The predicted molar refractivity (Wildman–Crippen MR) is 103 cm³/mol. The molecule has 0 saturated carbocycles. The van der Waals surface area contributed by atoms with E-state index in [1.165, 1.54) is 11.3 Å². The molecule has 0 aliphatic rings. The van der Waals surface area contributed by atoms with Gasteiger partial charge in [-0.1, -0.05) is 29.5 Å². The topological polar surface area (TPSA) is 71.2 Å². The van der Waals surface area contributed by atoms with E-state index in [2.05, 4.69) is 25.7 Å². The van der Waals surface area contributed by atoms with Crippen LogP contribution in [0.5, 0.6) is 5.75 Å². The number of hydrazone groups is 1. The first-order valence-electron chi connectivity index (χ1n) is 7.66. The molecule has 0 bridgehead atoms. The van der Waals surface area contributed by atoms with Crippen LogP contribution < -0.4 is 10.2 Å². The second kappa shape index (κ2) is 8.16. The Morgan fingerprint density at radius 3 is 2.68 bits per heavy atom. The lowest BCUT2D eigenvalue weighted by Gasteiger charge is -2.02. The van der Waals surface area contributed by atoms with Crippen LogP contribution in [0.15, 0.2) is 76.0 Å². The molecule has 126 valence electrons. The van der Waals surface area contributed by atoms with Gasteiger partial charge in [0.25, 0.3) is 0 Å². The number of fused-ring (bicyclic) bond motifs is 1. The second-order valence-corrected chi connectivity index (χ2v) is 5.98. The molecule has 0 amide bonds. The average molecular weight is 351 g/mol. The van der Waals surface area contributed by atoms with Crippen molar-refractivity contribution in [2.75, 3.05) is 12.5 Å². The number of nitrogens with zero attached hydrogens (tertiary/aromatic N) is 4. The Labute approximate surface area is 149 Å². The third-order valence-electron chi connectivity index (χ3n) is 3.23. The zero-order valence-electron chi connectivity index (χ0n) is 13.9. The van der Waals surface area contributed by atoms with E-state index in [1.54, 1.807) is 13.2 Å². The third-order valence-corrected chi connectivity index (χ3v) is 4.15. The van der Waals surface area contributed by atoms with E-state index in [0.717, 1.165) is 21.7 Å². The van der Waals surface area contributed by atoms with Crippen LogP contribution in [0.25, 0.3) is 10.2 Å². The number of para-hydroxylation sites is 1. The maximum absolute atomic E-state index is 5.13. The molecule has 0 unspecified atom stereocenters. The minimum Gasteiger partial charge on any atom is -0.497 e. The van der Waals surface area contributed by atoms with Gasteiger partial charge in [-0.2, -0.15) is 5.10 Å². The van der Waals surface area contributed by atoms with Gasteiger partial charge in [0.2, 0.25) is 5.13 Å². The van der Waals surface area contributed by atoms with Gasteiger partial charge in [0.15, 0.2) is 5.84 Å². The largest absolute Gasteiger partial charge is 0.497 e. The lowest BCUT2D eigenvalue weighted by atomic mass is 10.3. The zero-order chi connectivity index (χ0) is 17.5. The van der Waals surface area contributed by atoms with Crippen LogP contribution in [-0.2, 0) is 0 Å². The number of rotatable bonds is 5. The summed E-state index contributed by atoms with van der Waals surface area (Å²) in [6.07, 6.45) is 3.62. The molecule has 3 rings (SSSR count). The fraction of sp³-hybridized carbons (Fsp3) is 0.111. The van der Waals surface area contributed by atoms with Crippen molar-refractivity contribution in [3.05, 3.63) is 60.7 Å². The number of azo groups is 1. The number of amidine groups is 1. The summed E-state index contributed by atoms with van der Waals surface area (Å²) in [5, 5.41) is 13.2. The highest BCUT2D eigenvalue weighted by Crippen LogP contribution is 2.27. The summed E-state index contributed by atoms with van der Waals surface area (Å²) in [6, 6.07) is 15.4. The van der Waals surface area contributed by atoms with Crippen molar-refractivity contribution in [2.24, 2.45) is 15.3 Å². The summed E-state index contributed by atoms with van der Waals surface area (Å²) in [5.41, 5.74) is 4.70. The van der Waals surface area contributed by atoms with Gasteiger partial charge >= 0.3 is 0 Å². The van der Waals surface area contributed by atoms with E-state index in [9.17, 15) is 0 Å². The zero-order valence-corrected chi connectivity index (χ0v) is 14.7. The molecule has 0 aliphatic carbocycles. The maximum Gasteiger partial charge on any atom is 0.231 e. The Morgan fingerprint density at radius 1 is 1.16 bits per heavy atom. The first kappa shape index (κ1) is 16.8. The summed E-state index contributed by atoms with van der Waals surface area (Å²) >= 11 is 1.49. The van der Waals surface area contributed by atoms with Crippen LogP contribution in [0.2, 0.25) is 0 Å². The van der Waals surface area contributed by atoms with Gasteiger partial charge in [0.05, 0.1) is 23.0 Å². The molecule has 1 N–H and O–H groups in total. The molecule has 25 heavy (non-hydrogen) atoms. The molecule has 0 aliphatic heterocycles. The molecule has 1 aromatic heterocycles. The van der Waals surface area contributed by atoms with Gasteiger partial charge in [-0.15, -0.1) is 10.2 Å². The normalized spacial score (nSPS) is 12.3. The van der Waals surface area contributed by atoms with Crippen molar-refractivity contribution < 1.29 is 4.74 Å². The standard InChI is InChI=1S/C18H17N5OS/c1-3-6-17(21-20-13-9-11-14(24-2)12-10-13)22-23-18-19-15-7-4-5-8-16(15)25-18/h3-12,20H,1-2H3/b6-3+,21-17-,23-22?. The first-order chi connectivity index (χ1) is 12.3. The molecule has 0 atom stereocenters. The number of benzene rings is 2. The van der Waals surface area contributed by atoms with E-state index in [4.69, 9.17) is 4.74 Å². The number of thiazole rings is 1. The minimum absolute atomic E-state index is 0.456. The van der Waals surface area contributed by atoms with Gasteiger partial charge < -0.3 is 4.74 Å². The summed E-state index contributed by atoms with van der Waals surface area (Å²) < 4.78 is 6.21. The van der Waals surface area contributed by atoms with Crippen molar-refractivity contribution in [2.45, 2.75) is 6.92 Å². The van der Waals surface area contributed by atoms with Crippen molar-refractivity contribution >= 4 is 38.2 Å². The van der Waals surface area contributed by atoms with E-state index in [0.29, 0.717) is 11.0 Å². The van der Waals surface area contributed by atoms with Gasteiger partial charge in [0.1, 0.15) is 5.75 Å². The van der Waals surface area contributed by atoms with Gasteiger partial charge in [-0.25, -0.2) is 4.98 Å². The van der Waals surface area contributed by atoms with Crippen LogP contribution in [-0.4, -0.2) is 17.9 Å². The number of nitrogens with one attached hydrogen (secondary N) is 1. The summed E-state index contributed by atoms with van der Waals surface area (Å²) in [6.45, 7) is 1.90.